The number of carbonyl (C=O) groups excluding carboxylic acids is 1. The van der Waals surface area contributed by atoms with Crippen molar-refractivity contribution < 1.29 is 29.2 Å². The largest absolute Gasteiger partial charge is 0.466 e. The number of halogens is 1. The van der Waals surface area contributed by atoms with Gasteiger partial charge in [0.1, 0.15) is 5.82 Å². The number of allylic oxidation sites excluding steroid dienone is 1. The number of methoxy groups -OCH3 is 1. The predicted octanol–water partition coefficient (Wildman–Crippen LogP) is 4.73. The first-order chi connectivity index (χ1) is 15.8. The van der Waals surface area contributed by atoms with Crippen LogP contribution < -0.4 is 0 Å². The lowest BCUT2D eigenvalue weighted by Crippen LogP contribution is -2.33. The minimum Gasteiger partial charge on any atom is -0.466 e. The predicted molar refractivity (Wildman–Crippen MR) is 130 cm³/mol. The van der Waals surface area contributed by atoms with Crippen molar-refractivity contribution in [1.29, 1.82) is 0 Å². The summed E-state index contributed by atoms with van der Waals surface area (Å²) in [5, 5.41) is 32.5. The van der Waals surface area contributed by atoms with Crippen molar-refractivity contribution in [3.8, 4) is 0 Å². The van der Waals surface area contributed by atoms with E-state index >= 15 is 0 Å². The van der Waals surface area contributed by atoms with Crippen LogP contribution in [0, 0.1) is 11.7 Å². The summed E-state index contributed by atoms with van der Waals surface area (Å²) in [6.07, 6.45) is 9.11. The number of hydrogen-bond donors (Lipinski definition) is 3. The molecule has 0 aliphatic heterocycles. The Morgan fingerprint density at radius 3 is 2.58 bits per heavy atom. The first-order valence-electron chi connectivity index (χ1n) is 12.0. The van der Waals surface area contributed by atoms with Crippen LogP contribution >= 0.6 is 11.8 Å². The van der Waals surface area contributed by atoms with Crippen molar-refractivity contribution in [1.82, 2.24) is 0 Å². The van der Waals surface area contributed by atoms with Crippen LogP contribution in [0.15, 0.2) is 36.4 Å². The molecule has 3 N–H and O–H groups in total. The monoisotopic (exact) mass is 482 g/mol. The van der Waals surface area contributed by atoms with Gasteiger partial charge in [-0.3, -0.25) is 0 Å². The van der Waals surface area contributed by atoms with Crippen LogP contribution in [0.3, 0.4) is 0 Å². The Hall–Kier alpha value is -1.41. The van der Waals surface area contributed by atoms with Crippen LogP contribution in [0.5, 0.6) is 0 Å². The van der Waals surface area contributed by atoms with Crippen LogP contribution in [0.2, 0.25) is 0 Å². The Morgan fingerprint density at radius 2 is 1.91 bits per heavy atom. The maximum atomic E-state index is 13.4. The SMILES string of the molecule is CCCCCC(O)(CS[C@H]1C(O)CC(O)[C@@H]1CCCCC=CC(=O)OC)c1ccc(F)cc1. The highest BCUT2D eigenvalue weighted by Gasteiger charge is 2.43. The van der Waals surface area contributed by atoms with E-state index < -0.39 is 17.8 Å². The molecule has 1 aromatic rings. The number of esters is 1. The summed E-state index contributed by atoms with van der Waals surface area (Å²) in [4.78, 5) is 11.1. The summed E-state index contributed by atoms with van der Waals surface area (Å²) in [6, 6.07) is 6.02. The maximum Gasteiger partial charge on any atom is 0.330 e. The number of ether oxygens (including phenoxy) is 1. The van der Waals surface area contributed by atoms with E-state index in [1.807, 2.05) is 0 Å². The topological polar surface area (TPSA) is 87.0 Å². The molecule has 0 bridgehead atoms. The average Bonchev–Trinajstić information content (AvgIpc) is 3.07. The Balaban J connectivity index is 1.97. The molecule has 0 aromatic heterocycles. The highest BCUT2D eigenvalue weighted by Crippen LogP contribution is 2.42. The molecule has 1 fully saturated rings. The standard InChI is InChI=1S/C26H39FO5S/c1-3-4-9-16-26(31,19-12-14-20(27)15-13-19)18-33-25-21(22(28)17-23(25)29)10-7-5-6-8-11-24(30)32-2/h8,11-15,21-23,25,28-29,31H,3-7,9-10,16-18H2,1-2H3/t21-,22?,23?,25+,26?/m0/s1. The Morgan fingerprint density at radius 1 is 1.18 bits per heavy atom. The zero-order chi connectivity index (χ0) is 24.3. The second-order valence-corrected chi connectivity index (χ2v) is 10.2. The van der Waals surface area contributed by atoms with Crippen molar-refractivity contribution in [2.75, 3.05) is 12.9 Å². The smallest absolute Gasteiger partial charge is 0.330 e. The quantitative estimate of drug-likeness (QED) is 0.202. The zero-order valence-corrected chi connectivity index (χ0v) is 20.6. The van der Waals surface area contributed by atoms with Gasteiger partial charge in [-0.1, -0.05) is 50.8 Å². The molecule has 3 unspecified atom stereocenters. The average molecular weight is 483 g/mol. The van der Waals surface area contributed by atoms with Gasteiger partial charge < -0.3 is 20.1 Å². The number of unbranched alkanes of at least 4 members (excludes halogenated alkanes) is 4. The number of benzene rings is 1. The van der Waals surface area contributed by atoms with Gasteiger partial charge in [-0.05, 0) is 49.3 Å². The summed E-state index contributed by atoms with van der Waals surface area (Å²) in [6.45, 7) is 2.11. The van der Waals surface area contributed by atoms with Crippen molar-refractivity contribution in [3.05, 3.63) is 47.8 Å². The van der Waals surface area contributed by atoms with E-state index in [9.17, 15) is 24.5 Å². The van der Waals surface area contributed by atoms with Crippen LogP contribution in [-0.4, -0.2) is 51.6 Å². The van der Waals surface area contributed by atoms with Gasteiger partial charge >= 0.3 is 5.97 Å². The van der Waals surface area contributed by atoms with Crippen LogP contribution in [0.25, 0.3) is 0 Å². The number of carbonyl (C=O) groups is 1. The maximum absolute atomic E-state index is 13.4. The van der Waals surface area contributed by atoms with Crippen molar-refractivity contribution in [2.45, 2.75) is 87.8 Å². The van der Waals surface area contributed by atoms with E-state index in [1.165, 1.54) is 37.1 Å². The van der Waals surface area contributed by atoms with Gasteiger partial charge in [0.25, 0.3) is 0 Å². The molecule has 0 radical (unpaired) electrons. The fraction of sp³-hybridized carbons (Fsp3) is 0.654. The molecule has 7 heteroatoms. The highest BCUT2D eigenvalue weighted by atomic mass is 32.2. The third kappa shape index (κ3) is 8.71. The molecule has 5 nitrogen and oxygen atoms in total. The third-order valence-electron chi connectivity index (χ3n) is 6.48. The summed E-state index contributed by atoms with van der Waals surface area (Å²) >= 11 is 1.51. The molecule has 0 amide bonds. The lowest BCUT2D eigenvalue weighted by Gasteiger charge is -2.32. The van der Waals surface area contributed by atoms with Gasteiger partial charge in [0, 0.05) is 23.5 Å². The van der Waals surface area contributed by atoms with Crippen LogP contribution in [-0.2, 0) is 15.1 Å². The fourth-order valence-corrected chi connectivity index (χ4v) is 6.18. The second-order valence-electron chi connectivity index (χ2n) is 9.02. The van der Waals surface area contributed by atoms with Gasteiger partial charge in [0.05, 0.1) is 24.9 Å². The summed E-state index contributed by atoms with van der Waals surface area (Å²) in [5.74, 6) is -0.371. The summed E-state index contributed by atoms with van der Waals surface area (Å²) in [7, 11) is 1.35. The molecule has 186 valence electrons. The van der Waals surface area contributed by atoms with Crippen LogP contribution in [0.4, 0.5) is 4.39 Å². The second kappa shape index (κ2) is 14.1. The van der Waals surface area contributed by atoms with E-state index in [0.29, 0.717) is 24.2 Å². The van der Waals surface area contributed by atoms with E-state index in [2.05, 4.69) is 11.7 Å². The minimum absolute atomic E-state index is 0.0531. The molecular weight excluding hydrogens is 443 g/mol. The number of aliphatic hydroxyl groups excluding tert-OH is 2. The molecule has 1 aromatic carbocycles. The molecule has 5 atom stereocenters. The van der Waals surface area contributed by atoms with E-state index in [-0.39, 0.29) is 23.0 Å². The van der Waals surface area contributed by atoms with Crippen LogP contribution in [0.1, 0.15) is 70.3 Å². The number of hydrogen-bond acceptors (Lipinski definition) is 6. The lowest BCUT2D eigenvalue weighted by molar-refractivity contribution is -0.134. The molecule has 33 heavy (non-hydrogen) atoms. The van der Waals surface area contributed by atoms with Gasteiger partial charge in [0.2, 0.25) is 0 Å². The molecular formula is C26H39FO5S. The van der Waals surface area contributed by atoms with Gasteiger partial charge in [-0.25, -0.2) is 9.18 Å². The van der Waals surface area contributed by atoms with Gasteiger partial charge in [0.15, 0.2) is 0 Å². The minimum atomic E-state index is -1.11. The molecule has 0 spiro atoms. The van der Waals surface area contributed by atoms with E-state index in [4.69, 9.17) is 0 Å². The highest BCUT2D eigenvalue weighted by molar-refractivity contribution is 8.00. The number of rotatable bonds is 14. The Bertz CT molecular complexity index is 741. The fourth-order valence-electron chi connectivity index (χ4n) is 4.50. The molecule has 1 aliphatic rings. The summed E-state index contributed by atoms with van der Waals surface area (Å²) in [5.41, 5.74) is -0.418. The first kappa shape index (κ1) is 27.8. The van der Waals surface area contributed by atoms with Gasteiger partial charge in [-0.15, -0.1) is 0 Å². The first-order valence-corrected chi connectivity index (χ1v) is 13.1. The molecule has 0 saturated heterocycles. The normalized spacial score (nSPS) is 24.8. The van der Waals surface area contributed by atoms with Crippen molar-refractivity contribution in [2.24, 2.45) is 5.92 Å². The lowest BCUT2D eigenvalue weighted by atomic mass is 9.90. The molecule has 1 aliphatic carbocycles. The Labute approximate surface area is 201 Å². The third-order valence-corrected chi connectivity index (χ3v) is 8.17. The number of thioether (sulfide) groups is 1. The van der Waals surface area contributed by atoms with Gasteiger partial charge in [-0.2, -0.15) is 11.8 Å². The van der Waals surface area contributed by atoms with Crippen molar-refractivity contribution in [3.63, 3.8) is 0 Å². The Kier molecular flexibility index (Phi) is 11.9. The number of aliphatic hydroxyl groups is 3. The molecule has 2 rings (SSSR count). The van der Waals surface area contributed by atoms with E-state index in [1.54, 1.807) is 18.2 Å². The molecule has 0 heterocycles. The molecule has 1 saturated carbocycles. The van der Waals surface area contributed by atoms with Crippen molar-refractivity contribution >= 4 is 17.7 Å². The zero-order valence-electron chi connectivity index (χ0n) is 19.8. The summed E-state index contributed by atoms with van der Waals surface area (Å²) < 4.78 is 18.0. The van der Waals surface area contributed by atoms with E-state index in [0.717, 1.165) is 44.9 Å².